The summed E-state index contributed by atoms with van der Waals surface area (Å²) in [5.74, 6) is 1.60. The van der Waals surface area contributed by atoms with E-state index >= 15 is 0 Å². The lowest BCUT2D eigenvalue weighted by Crippen LogP contribution is -2.65. The van der Waals surface area contributed by atoms with E-state index in [1.165, 1.54) is 12.5 Å². The third kappa shape index (κ3) is 4.42. The monoisotopic (exact) mass is 490 g/mol. The zero-order valence-electron chi connectivity index (χ0n) is 23.0. The molecule has 4 aliphatic rings. The van der Waals surface area contributed by atoms with Gasteiger partial charge in [-0.15, -0.1) is 0 Å². The van der Waals surface area contributed by atoms with Gasteiger partial charge in [0.2, 0.25) is 0 Å². The molecule has 12 atom stereocenters. The first-order chi connectivity index (χ1) is 16.3. The average Bonchev–Trinajstić information content (AvgIpc) is 3.06. The Bertz CT molecular complexity index is 822. The van der Waals surface area contributed by atoms with Crippen LogP contribution in [0.3, 0.4) is 0 Å². The highest BCUT2D eigenvalue weighted by Gasteiger charge is 2.69. The van der Waals surface area contributed by atoms with Crippen molar-refractivity contribution in [1.29, 1.82) is 0 Å². The molecule has 4 rings (SSSR count). The quantitative estimate of drug-likeness (QED) is 0.355. The Labute approximate surface area is 212 Å². The summed E-state index contributed by atoms with van der Waals surface area (Å²) in [6.45, 7) is 15.0. The number of rotatable bonds is 6. The fourth-order valence-corrected chi connectivity index (χ4v) is 9.12. The summed E-state index contributed by atoms with van der Waals surface area (Å²) in [5.41, 5.74) is 0.555. The van der Waals surface area contributed by atoms with E-state index in [-0.39, 0.29) is 47.1 Å². The summed E-state index contributed by atoms with van der Waals surface area (Å²) in [5, 5.41) is 33.9. The Morgan fingerprint density at radius 3 is 2.46 bits per heavy atom. The Hall–Kier alpha value is -0.910. The van der Waals surface area contributed by atoms with Gasteiger partial charge in [0.25, 0.3) is 0 Å². The van der Waals surface area contributed by atoms with Crippen LogP contribution in [0.1, 0.15) is 93.4 Å². The van der Waals surface area contributed by atoms with Crippen molar-refractivity contribution in [1.82, 2.24) is 0 Å². The molecular weight excluding hydrogens is 440 g/mol. The highest BCUT2D eigenvalue weighted by Crippen LogP contribution is 2.67. The van der Waals surface area contributed by atoms with Crippen molar-refractivity contribution in [3.05, 3.63) is 11.6 Å². The third-order valence-corrected chi connectivity index (χ3v) is 11.4. The summed E-state index contributed by atoms with van der Waals surface area (Å²) >= 11 is 0. The van der Waals surface area contributed by atoms with Crippen LogP contribution >= 0.6 is 0 Å². The largest absolute Gasteiger partial charge is 0.459 e. The first-order valence-corrected chi connectivity index (χ1v) is 14.2. The van der Waals surface area contributed by atoms with Gasteiger partial charge in [-0.3, -0.25) is 4.79 Å². The molecule has 0 aliphatic heterocycles. The van der Waals surface area contributed by atoms with Gasteiger partial charge in [-0.2, -0.15) is 0 Å². The molecule has 3 fully saturated rings. The minimum absolute atomic E-state index is 0.00851. The summed E-state index contributed by atoms with van der Waals surface area (Å²) in [7, 11) is 0. The van der Waals surface area contributed by atoms with Crippen LogP contribution in [-0.2, 0) is 9.53 Å². The second-order valence-corrected chi connectivity index (χ2v) is 13.6. The van der Waals surface area contributed by atoms with Crippen LogP contribution in [0.5, 0.6) is 0 Å². The normalized spacial score (nSPS) is 46.8. The predicted molar refractivity (Wildman–Crippen MR) is 137 cm³/mol. The second kappa shape index (κ2) is 9.76. The second-order valence-electron chi connectivity index (χ2n) is 13.6. The van der Waals surface area contributed by atoms with E-state index in [0.717, 1.165) is 32.1 Å². The van der Waals surface area contributed by atoms with Crippen LogP contribution in [0.4, 0.5) is 0 Å². The number of carbonyl (C=O) groups is 1. The number of fused-ring (bicyclic) bond motifs is 5. The Kier molecular flexibility index (Phi) is 7.57. The molecule has 0 bridgehead atoms. The van der Waals surface area contributed by atoms with Crippen molar-refractivity contribution in [3.8, 4) is 0 Å². The Morgan fingerprint density at radius 2 is 1.83 bits per heavy atom. The molecule has 0 radical (unpaired) electrons. The average molecular weight is 491 g/mol. The molecule has 3 N–H and O–H groups in total. The van der Waals surface area contributed by atoms with E-state index in [9.17, 15) is 20.1 Å². The fourth-order valence-electron chi connectivity index (χ4n) is 9.12. The number of ether oxygens (including phenoxy) is 1. The lowest BCUT2D eigenvalue weighted by atomic mass is 9.45. The van der Waals surface area contributed by atoms with Gasteiger partial charge in [-0.1, -0.05) is 66.0 Å². The van der Waals surface area contributed by atoms with E-state index in [4.69, 9.17) is 4.74 Å². The van der Waals surface area contributed by atoms with Gasteiger partial charge in [0, 0.05) is 18.3 Å². The molecule has 3 saturated carbocycles. The van der Waals surface area contributed by atoms with Crippen LogP contribution < -0.4 is 0 Å². The van der Waals surface area contributed by atoms with E-state index in [2.05, 4.69) is 47.6 Å². The first-order valence-electron chi connectivity index (χ1n) is 14.2. The molecule has 0 unspecified atom stereocenters. The Balaban J connectivity index is 1.70. The summed E-state index contributed by atoms with van der Waals surface area (Å²) in [4.78, 5) is 12.3. The minimum Gasteiger partial charge on any atom is -0.459 e. The maximum Gasteiger partial charge on any atom is 0.303 e. The number of hydrogen-bond acceptors (Lipinski definition) is 5. The number of aliphatic hydroxyl groups is 3. The minimum atomic E-state index is -0.812. The smallest absolute Gasteiger partial charge is 0.303 e. The van der Waals surface area contributed by atoms with Gasteiger partial charge in [0.15, 0.2) is 0 Å². The number of allylic oxidation sites excluding steroid dienone is 1. The van der Waals surface area contributed by atoms with Crippen molar-refractivity contribution in [3.63, 3.8) is 0 Å². The number of aliphatic hydroxyl groups excluding tert-OH is 3. The zero-order chi connectivity index (χ0) is 25.9. The fraction of sp³-hybridized carbons (Fsp3) is 0.900. The van der Waals surface area contributed by atoms with Gasteiger partial charge in [0.1, 0.15) is 6.10 Å². The molecule has 0 aromatic heterocycles. The SMILES string of the molecule is CC(=O)O[C@@H]1[C@H]2[C@@H](CC=C3C[C@@H](O)CC[C@@]32C)[C@@H]2C[C@H](O)[C@H]([C@H](C)CC[C@H](C)C(C)C)[C@@]2(C)[C@@H]1O. The van der Waals surface area contributed by atoms with Crippen molar-refractivity contribution < 1.29 is 24.9 Å². The molecule has 0 spiro atoms. The maximum atomic E-state index is 12.3. The highest BCUT2D eigenvalue weighted by atomic mass is 16.6. The van der Waals surface area contributed by atoms with E-state index in [1.54, 1.807) is 0 Å². The van der Waals surface area contributed by atoms with Crippen LogP contribution in [0, 0.1) is 52.3 Å². The summed E-state index contributed by atoms with van der Waals surface area (Å²) in [6.07, 6.45) is 6.13. The maximum absolute atomic E-state index is 12.3. The van der Waals surface area contributed by atoms with E-state index in [0.29, 0.717) is 24.7 Å². The molecule has 0 heterocycles. The van der Waals surface area contributed by atoms with Crippen molar-refractivity contribution >= 4 is 5.97 Å². The van der Waals surface area contributed by atoms with Crippen LogP contribution in [0.2, 0.25) is 0 Å². The van der Waals surface area contributed by atoms with Crippen LogP contribution in [0.15, 0.2) is 11.6 Å². The lowest BCUT2D eigenvalue weighted by molar-refractivity contribution is -0.220. The van der Waals surface area contributed by atoms with Crippen molar-refractivity contribution in [2.45, 2.75) is 118 Å². The van der Waals surface area contributed by atoms with Crippen molar-refractivity contribution in [2.24, 2.45) is 52.3 Å². The van der Waals surface area contributed by atoms with Gasteiger partial charge in [-0.25, -0.2) is 0 Å². The number of carbonyl (C=O) groups excluding carboxylic acids is 1. The summed E-state index contributed by atoms with van der Waals surface area (Å²) in [6, 6.07) is 0. The molecule has 0 saturated heterocycles. The number of hydrogen-bond donors (Lipinski definition) is 3. The molecule has 5 heteroatoms. The molecule has 0 amide bonds. The van der Waals surface area contributed by atoms with E-state index < -0.39 is 23.7 Å². The standard InChI is InChI=1S/C30H50O5/c1-16(2)17(3)8-9-18(4)25-24(33)15-23-22-11-10-20-14-21(32)12-13-29(20,6)26(22)27(35-19(5)31)28(34)30(23,25)7/h10,16-18,21-28,32-34H,8-9,11-15H2,1-7H3/t17-,18+,21-,22-,23-,24-,25-,26+,27+,28+,29-,30-/m0/s1. The van der Waals surface area contributed by atoms with Gasteiger partial charge < -0.3 is 20.1 Å². The van der Waals surface area contributed by atoms with Gasteiger partial charge >= 0.3 is 5.97 Å². The highest BCUT2D eigenvalue weighted by molar-refractivity contribution is 5.66. The predicted octanol–water partition coefficient (Wildman–Crippen LogP) is 5.12. The van der Waals surface area contributed by atoms with Gasteiger partial charge in [0.05, 0.1) is 18.3 Å². The van der Waals surface area contributed by atoms with Crippen molar-refractivity contribution in [2.75, 3.05) is 0 Å². The third-order valence-electron chi connectivity index (χ3n) is 11.4. The molecule has 0 aromatic carbocycles. The first kappa shape index (κ1) is 27.1. The molecule has 4 aliphatic carbocycles. The molecular formula is C30H50O5. The molecule has 5 nitrogen and oxygen atoms in total. The molecule has 35 heavy (non-hydrogen) atoms. The Morgan fingerprint density at radius 1 is 1.14 bits per heavy atom. The van der Waals surface area contributed by atoms with Crippen LogP contribution in [-0.4, -0.2) is 45.7 Å². The van der Waals surface area contributed by atoms with Crippen LogP contribution in [0.25, 0.3) is 0 Å². The van der Waals surface area contributed by atoms with E-state index in [1.807, 2.05) is 0 Å². The molecule has 0 aromatic rings. The zero-order valence-corrected chi connectivity index (χ0v) is 23.0. The topological polar surface area (TPSA) is 87.0 Å². The summed E-state index contributed by atoms with van der Waals surface area (Å²) < 4.78 is 6.02. The number of esters is 1. The lowest BCUT2D eigenvalue weighted by Gasteiger charge is -2.62. The molecule has 200 valence electrons. The van der Waals surface area contributed by atoms with Gasteiger partial charge in [-0.05, 0) is 73.0 Å².